The van der Waals surface area contributed by atoms with E-state index in [1.54, 1.807) is 12.3 Å². The number of hydrogen-bond donors (Lipinski definition) is 1. The van der Waals surface area contributed by atoms with Crippen molar-refractivity contribution in [3.05, 3.63) is 58.6 Å². The maximum atomic E-state index is 13.8. The van der Waals surface area contributed by atoms with E-state index in [9.17, 15) is 14.0 Å². The van der Waals surface area contributed by atoms with Gasteiger partial charge in [0.25, 0.3) is 5.91 Å². The number of nitrogens with one attached hydrogen (secondary N) is 1. The average Bonchev–Trinajstić information content (AvgIpc) is 3.55. The molecule has 0 aliphatic carbocycles. The van der Waals surface area contributed by atoms with Crippen LogP contribution < -0.4 is 0 Å². The fourth-order valence-corrected chi connectivity index (χ4v) is 5.03. The lowest BCUT2D eigenvalue weighted by molar-refractivity contribution is -0.129. The van der Waals surface area contributed by atoms with E-state index in [0.29, 0.717) is 30.2 Å². The predicted molar refractivity (Wildman–Crippen MR) is 123 cm³/mol. The monoisotopic (exact) mass is 449 g/mol. The van der Waals surface area contributed by atoms with Crippen LogP contribution in [0, 0.1) is 19.7 Å². The van der Waals surface area contributed by atoms with Crippen molar-refractivity contribution in [1.82, 2.24) is 24.8 Å². The number of halogens is 1. The van der Waals surface area contributed by atoms with Crippen molar-refractivity contribution in [2.45, 2.75) is 45.4 Å². The Morgan fingerprint density at radius 2 is 1.94 bits per heavy atom. The van der Waals surface area contributed by atoms with E-state index in [-0.39, 0.29) is 30.0 Å². The summed E-state index contributed by atoms with van der Waals surface area (Å²) >= 11 is 0. The molecule has 33 heavy (non-hydrogen) atoms. The van der Waals surface area contributed by atoms with Gasteiger partial charge in [-0.1, -0.05) is 0 Å². The van der Waals surface area contributed by atoms with Gasteiger partial charge in [-0.15, -0.1) is 0 Å². The van der Waals surface area contributed by atoms with Gasteiger partial charge in [0, 0.05) is 54.9 Å². The standard InChI is InChI=1S/C25H28FN5O2/c1-15-19(20-11-18(26)5-6-22(20)28-15)12-23(32)31-10-7-17(14-31)24-27-13-21(16(2)29-24)25(33)30-8-3-4-9-30/h5-6,11,13,17,28H,3-4,7-10,12,14H2,1-2H3/t17-/m1/s1. The zero-order chi connectivity index (χ0) is 23.1. The third-order valence-electron chi connectivity index (χ3n) is 6.94. The summed E-state index contributed by atoms with van der Waals surface area (Å²) in [4.78, 5) is 41.8. The SMILES string of the molecule is Cc1nc([C@@H]2CCN(C(=O)Cc3c(C)[nH]c4ccc(F)cc34)C2)ncc1C(=O)N1CCCC1. The normalized spacial score (nSPS) is 18.5. The number of carbonyl (C=O) groups is 2. The van der Waals surface area contributed by atoms with Crippen LogP contribution in [0.4, 0.5) is 4.39 Å². The molecular formula is C25H28FN5O2. The second-order valence-electron chi connectivity index (χ2n) is 9.15. The first kappa shape index (κ1) is 21.6. The fourth-order valence-electron chi connectivity index (χ4n) is 5.03. The highest BCUT2D eigenvalue weighted by atomic mass is 19.1. The van der Waals surface area contributed by atoms with Gasteiger partial charge in [0.15, 0.2) is 0 Å². The number of hydrogen-bond acceptors (Lipinski definition) is 4. The summed E-state index contributed by atoms with van der Waals surface area (Å²) in [5.74, 6) is 0.445. The number of rotatable bonds is 4. The van der Waals surface area contributed by atoms with Crippen molar-refractivity contribution in [1.29, 1.82) is 0 Å². The van der Waals surface area contributed by atoms with Gasteiger partial charge >= 0.3 is 0 Å². The Bertz CT molecular complexity index is 1230. The maximum absolute atomic E-state index is 13.8. The summed E-state index contributed by atoms with van der Waals surface area (Å²) in [6.45, 7) is 6.54. The Morgan fingerprint density at radius 1 is 1.15 bits per heavy atom. The van der Waals surface area contributed by atoms with E-state index >= 15 is 0 Å². The van der Waals surface area contributed by atoms with E-state index < -0.39 is 0 Å². The lowest BCUT2D eigenvalue weighted by atomic mass is 10.1. The maximum Gasteiger partial charge on any atom is 0.257 e. The summed E-state index contributed by atoms with van der Waals surface area (Å²) < 4.78 is 13.8. The minimum Gasteiger partial charge on any atom is -0.358 e. The van der Waals surface area contributed by atoms with Crippen LogP contribution in [0.2, 0.25) is 0 Å². The topological polar surface area (TPSA) is 82.2 Å². The zero-order valence-electron chi connectivity index (χ0n) is 19.0. The number of benzene rings is 1. The van der Waals surface area contributed by atoms with Gasteiger partial charge in [0.1, 0.15) is 11.6 Å². The summed E-state index contributed by atoms with van der Waals surface area (Å²) in [6.07, 6.45) is 4.75. The number of H-pyrrole nitrogens is 1. The number of aromatic amines is 1. The van der Waals surface area contributed by atoms with Crippen LogP contribution >= 0.6 is 0 Å². The van der Waals surface area contributed by atoms with E-state index in [4.69, 9.17) is 0 Å². The van der Waals surface area contributed by atoms with Gasteiger partial charge in [-0.05, 0) is 56.9 Å². The Morgan fingerprint density at radius 3 is 2.70 bits per heavy atom. The van der Waals surface area contributed by atoms with Crippen LogP contribution in [-0.2, 0) is 11.2 Å². The lowest BCUT2D eigenvalue weighted by Gasteiger charge is -2.18. The molecule has 0 spiro atoms. The van der Waals surface area contributed by atoms with Crippen LogP contribution in [0.15, 0.2) is 24.4 Å². The third kappa shape index (κ3) is 4.10. The van der Waals surface area contributed by atoms with Crippen molar-refractivity contribution in [2.24, 2.45) is 0 Å². The molecule has 2 fully saturated rings. The number of likely N-dealkylation sites (tertiary alicyclic amines) is 2. The molecule has 0 radical (unpaired) electrons. The minimum absolute atomic E-state index is 0.00492. The Labute approximate surface area is 192 Å². The van der Waals surface area contributed by atoms with Crippen molar-refractivity contribution in [3.63, 3.8) is 0 Å². The summed E-state index contributed by atoms with van der Waals surface area (Å²) in [5, 5.41) is 0.758. The van der Waals surface area contributed by atoms with Crippen molar-refractivity contribution in [3.8, 4) is 0 Å². The summed E-state index contributed by atoms with van der Waals surface area (Å²) in [7, 11) is 0. The van der Waals surface area contributed by atoms with Crippen LogP contribution in [0.1, 0.15) is 58.3 Å². The highest BCUT2D eigenvalue weighted by molar-refractivity contribution is 5.95. The molecule has 1 aromatic carbocycles. The molecule has 0 bridgehead atoms. The Balaban J connectivity index is 1.27. The molecule has 3 aromatic rings. The van der Waals surface area contributed by atoms with E-state index in [2.05, 4.69) is 15.0 Å². The van der Waals surface area contributed by atoms with E-state index in [1.807, 2.05) is 23.6 Å². The molecule has 2 aromatic heterocycles. The van der Waals surface area contributed by atoms with Crippen LogP contribution in [-0.4, -0.2) is 62.7 Å². The first-order chi connectivity index (χ1) is 15.9. The first-order valence-electron chi connectivity index (χ1n) is 11.6. The molecule has 7 nitrogen and oxygen atoms in total. The number of amides is 2. The molecule has 5 rings (SSSR count). The smallest absolute Gasteiger partial charge is 0.257 e. The number of fused-ring (bicyclic) bond motifs is 1. The molecule has 172 valence electrons. The van der Waals surface area contributed by atoms with Crippen molar-refractivity contribution >= 4 is 22.7 Å². The minimum atomic E-state index is -0.310. The quantitative estimate of drug-likeness (QED) is 0.661. The van der Waals surface area contributed by atoms with Gasteiger partial charge in [-0.25, -0.2) is 14.4 Å². The molecule has 1 atom stereocenters. The highest BCUT2D eigenvalue weighted by Crippen LogP contribution is 2.28. The van der Waals surface area contributed by atoms with E-state index in [0.717, 1.165) is 54.5 Å². The first-order valence-corrected chi connectivity index (χ1v) is 11.6. The molecule has 1 N–H and O–H groups in total. The molecule has 8 heteroatoms. The van der Waals surface area contributed by atoms with Gasteiger partial charge < -0.3 is 14.8 Å². The van der Waals surface area contributed by atoms with Crippen LogP contribution in [0.5, 0.6) is 0 Å². The number of aryl methyl sites for hydroxylation is 2. The van der Waals surface area contributed by atoms with Crippen molar-refractivity contribution in [2.75, 3.05) is 26.2 Å². The Kier molecular flexibility index (Phi) is 5.60. The number of aromatic nitrogens is 3. The molecule has 4 heterocycles. The highest BCUT2D eigenvalue weighted by Gasteiger charge is 2.31. The molecule has 2 saturated heterocycles. The summed E-state index contributed by atoms with van der Waals surface area (Å²) in [5.41, 5.74) is 3.82. The fraction of sp³-hybridized carbons (Fsp3) is 0.440. The van der Waals surface area contributed by atoms with Crippen LogP contribution in [0.25, 0.3) is 10.9 Å². The third-order valence-corrected chi connectivity index (χ3v) is 6.94. The molecule has 2 aliphatic heterocycles. The van der Waals surface area contributed by atoms with Crippen LogP contribution in [0.3, 0.4) is 0 Å². The Hall–Kier alpha value is -3.29. The molecule has 0 unspecified atom stereocenters. The molecular weight excluding hydrogens is 421 g/mol. The van der Waals surface area contributed by atoms with Gasteiger partial charge in [-0.3, -0.25) is 9.59 Å². The van der Waals surface area contributed by atoms with Gasteiger partial charge in [-0.2, -0.15) is 0 Å². The van der Waals surface area contributed by atoms with Gasteiger partial charge in [0.2, 0.25) is 5.91 Å². The van der Waals surface area contributed by atoms with Crippen molar-refractivity contribution < 1.29 is 14.0 Å². The second-order valence-corrected chi connectivity index (χ2v) is 9.15. The molecule has 0 saturated carbocycles. The lowest BCUT2D eigenvalue weighted by Crippen LogP contribution is -2.30. The molecule has 2 aliphatic rings. The van der Waals surface area contributed by atoms with Gasteiger partial charge in [0.05, 0.1) is 17.7 Å². The van der Waals surface area contributed by atoms with E-state index in [1.165, 1.54) is 12.1 Å². The number of carbonyl (C=O) groups excluding carboxylic acids is 2. The number of nitrogens with zero attached hydrogens (tertiary/aromatic N) is 4. The largest absolute Gasteiger partial charge is 0.358 e. The predicted octanol–water partition coefficient (Wildman–Crippen LogP) is 3.51. The zero-order valence-corrected chi connectivity index (χ0v) is 19.0. The average molecular weight is 450 g/mol. The summed E-state index contributed by atoms with van der Waals surface area (Å²) in [6, 6.07) is 4.60. The second kappa shape index (κ2) is 8.57. The molecule has 2 amide bonds.